The highest BCUT2D eigenvalue weighted by Gasteiger charge is 2.04. The molecule has 96 valence electrons. The Morgan fingerprint density at radius 2 is 2.06 bits per heavy atom. The zero-order chi connectivity index (χ0) is 12.7. The minimum Gasteiger partial charge on any atom is -0.330 e. The van der Waals surface area contributed by atoms with Gasteiger partial charge in [-0.3, -0.25) is 0 Å². The number of rotatable bonds is 7. The lowest BCUT2D eigenvalue weighted by atomic mass is 10.1. The van der Waals surface area contributed by atoms with Crippen molar-refractivity contribution in [2.45, 2.75) is 19.8 Å². The molecule has 0 bridgehead atoms. The van der Waals surface area contributed by atoms with Crippen molar-refractivity contribution in [3.8, 4) is 0 Å². The van der Waals surface area contributed by atoms with Crippen LogP contribution in [0.5, 0.6) is 0 Å². The fraction of sp³-hybridized carbons (Fsp3) is 0.538. The van der Waals surface area contributed by atoms with E-state index in [4.69, 9.17) is 5.73 Å². The maximum Gasteiger partial charge on any atom is 0.159 e. The Morgan fingerprint density at radius 1 is 1.29 bits per heavy atom. The highest BCUT2D eigenvalue weighted by Crippen LogP contribution is 2.08. The van der Waals surface area contributed by atoms with E-state index in [0.29, 0.717) is 18.9 Å². The number of nitrogens with two attached hydrogens (primary N) is 1. The van der Waals surface area contributed by atoms with Crippen molar-refractivity contribution < 1.29 is 8.78 Å². The second-order valence-corrected chi connectivity index (χ2v) is 4.21. The molecule has 4 heteroatoms. The molecule has 0 heterocycles. The molecule has 3 N–H and O–H groups in total. The molecule has 0 amide bonds. The molecule has 0 saturated heterocycles. The molecule has 0 spiro atoms. The Labute approximate surface area is 101 Å². The van der Waals surface area contributed by atoms with Crippen LogP contribution in [0, 0.1) is 17.6 Å². The molecular weight excluding hydrogens is 222 g/mol. The molecule has 1 aromatic carbocycles. The van der Waals surface area contributed by atoms with Crippen LogP contribution in [-0.4, -0.2) is 19.6 Å². The van der Waals surface area contributed by atoms with E-state index in [1.807, 2.05) is 0 Å². The lowest BCUT2D eigenvalue weighted by molar-refractivity contribution is 0.473. The van der Waals surface area contributed by atoms with Gasteiger partial charge >= 0.3 is 0 Å². The smallest absolute Gasteiger partial charge is 0.159 e. The van der Waals surface area contributed by atoms with E-state index in [1.165, 1.54) is 12.1 Å². The third-order valence-electron chi connectivity index (χ3n) is 2.92. The Balaban J connectivity index is 2.28. The van der Waals surface area contributed by atoms with E-state index in [9.17, 15) is 8.78 Å². The Hall–Kier alpha value is -1.00. The topological polar surface area (TPSA) is 38.0 Å². The molecule has 0 fully saturated rings. The summed E-state index contributed by atoms with van der Waals surface area (Å²) in [5.74, 6) is -1.09. The fourth-order valence-electron chi connectivity index (χ4n) is 1.63. The Bertz CT molecular complexity index is 338. The normalized spacial score (nSPS) is 12.7. The van der Waals surface area contributed by atoms with Gasteiger partial charge in [-0.2, -0.15) is 0 Å². The van der Waals surface area contributed by atoms with E-state index in [-0.39, 0.29) is 0 Å². The van der Waals surface area contributed by atoms with Crippen molar-refractivity contribution in [1.29, 1.82) is 0 Å². The van der Waals surface area contributed by atoms with Crippen LogP contribution < -0.4 is 11.1 Å². The molecular formula is C13H20F2N2. The van der Waals surface area contributed by atoms with E-state index in [2.05, 4.69) is 12.2 Å². The molecule has 0 aromatic heterocycles. The van der Waals surface area contributed by atoms with Gasteiger partial charge in [-0.25, -0.2) is 8.78 Å². The molecule has 1 aromatic rings. The maximum absolute atomic E-state index is 12.9. The summed E-state index contributed by atoms with van der Waals surface area (Å²) in [7, 11) is 0. The SMILES string of the molecule is CCC(CN)CNCCc1ccc(F)c(F)c1. The van der Waals surface area contributed by atoms with Gasteiger partial charge in [-0.1, -0.05) is 19.4 Å². The van der Waals surface area contributed by atoms with Crippen LogP contribution in [0.25, 0.3) is 0 Å². The standard InChI is InChI=1S/C13H20F2N2/c1-2-10(8-16)9-17-6-5-11-3-4-12(14)13(15)7-11/h3-4,7,10,17H,2,5-6,8-9,16H2,1H3. The Kier molecular flexibility index (Phi) is 6.08. The molecule has 1 atom stereocenters. The van der Waals surface area contributed by atoms with Crippen molar-refractivity contribution in [3.05, 3.63) is 35.4 Å². The van der Waals surface area contributed by atoms with Crippen LogP contribution in [-0.2, 0) is 6.42 Å². The van der Waals surface area contributed by atoms with Gasteiger partial charge in [0.15, 0.2) is 11.6 Å². The van der Waals surface area contributed by atoms with E-state index in [0.717, 1.165) is 25.1 Å². The van der Waals surface area contributed by atoms with Crippen molar-refractivity contribution in [3.63, 3.8) is 0 Å². The van der Waals surface area contributed by atoms with Gasteiger partial charge in [-0.15, -0.1) is 0 Å². The minimum absolute atomic E-state index is 0.486. The van der Waals surface area contributed by atoms with Crippen molar-refractivity contribution in [2.75, 3.05) is 19.6 Å². The van der Waals surface area contributed by atoms with E-state index >= 15 is 0 Å². The first-order valence-corrected chi connectivity index (χ1v) is 6.02. The molecule has 17 heavy (non-hydrogen) atoms. The van der Waals surface area contributed by atoms with E-state index < -0.39 is 11.6 Å². The number of benzene rings is 1. The summed E-state index contributed by atoms with van der Waals surface area (Å²) in [6, 6.07) is 4.02. The fourth-order valence-corrected chi connectivity index (χ4v) is 1.63. The summed E-state index contributed by atoms with van der Waals surface area (Å²) in [5, 5.41) is 3.27. The van der Waals surface area contributed by atoms with Gasteiger partial charge in [0, 0.05) is 0 Å². The van der Waals surface area contributed by atoms with Crippen molar-refractivity contribution in [1.82, 2.24) is 5.32 Å². The summed E-state index contributed by atoms with van der Waals surface area (Å²) >= 11 is 0. The van der Waals surface area contributed by atoms with Crippen LogP contribution in [0.15, 0.2) is 18.2 Å². The molecule has 0 radical (unpaired) electrons. The summed E-state index contributed by atoms with van der Waals surface area (Å²) < 4.78 is 25.6. The summed E-state index contributed by atoms with van der Waals surface area (Å²) in [6.45, 7) is 4.40. The lowest BCUT2D eigenvalue weighted by Gasteiger charge is -2.13. The average molecular weight is 242 g/mol. The Morgan fingerprint density at radius 3 is 2.65 bits per heavy atom. The van der Waals surface area contributed by atoms with Gasteiger partial charge in [0.25, 0.3) is 0 Å². The molecule has 0 aliphatic rings. The molecule has 1 unspecified atom stereocenters. The molecule has 2 nitrogen and oxygen atoms in total. The number of hydrogen-bond donors (Lipinski definition) is 2. The molecule has 1 rings (SSSR count). The van der Waals surface area contributed by atoms with Gasteiger partial charge in [-0.05, 0) is 49.7 Å². The van der Waals surface area contributed by atoms with Gasteiger partial charge < -0.3 is 11.1 Å². The summed E-state index contributed by atoms with van der Waals surface area (Å²) in [6.07, 6.45) is 1.74. The second-order valence-electron chi connectivity index (χ2n) is 4.21. The van der Waals surface area contributed by atoms with Crippen LogP contribution in [0.4, 0.5) is 8.78 Å². The first-order valence-electron chi connectivity index (χ1n) is 6.02. The molecule has 0 aliphatic carbocycles. The van der Waals surface area contributed by atoms with Crippen molar-refractivity contribution in [2.24, 2.45) is 11.7 Å². The van der Waals surface area contributed by atoms with Crippen LogP contribution in [0.2, 0.25) is 0 Å². The third kappa shape index (κ3) is 4.79. The summed E-state index contributed by atoms with van der Waals surface area (Å²) in [4.78, 5) is 0. The van der Waals surface area contributed by atoms with Crippen LogP contribution in [0.1, 0.15) is 18.9 Å². The zero-order valence-electron chi connectivity index (χ0n) is 10.2. The molecule has 0 aliphatic heterocycles. The van der Waals surface area contributed by atoms with E-state index in [1.54, 1.807) is 6.07 Å². The van der Waals surface area contributed by atoms with Gasteiger partial charge in [0.2, 0.25) is 0 Å². The highest BCUT2D eigenvalue weighted by atomic mass is 19.2. The lowest BCUT2D eigenvalue weighted by Crippen LogP contribution is -2.29. The minimum atomic E-state index is -0.795. The van der Waals surface area contributed by atoms with Gasteiger partial charge in [0.05, 0.1) is 0 Å². The van der Waals surface area contributed by atoms with Gasteiger partial charge in [0.1, 0.15) is 0 Å². The average Bonchev–Trinajstić information content (AvgIpc) is 2.34. The first-order chi connectivity index (χ1) is 8.17. The first kappa shape index (κ1) is 14.1. The second kappa shape index (κ2) is 7.35. The molecule has 0 saturated carbocycles. The predicted octanol–water partition coefficient (Wildman–Crippen LogP) is 2.08. The maximum atomic E-state index is 12.9. The largest absolute Gasteiger partial charge is 0.330 e. The number of hydrogen-bond acceptors (Lipinski definition) is 2. The number of halogens is 2. The number of nitrogens with one attached hydrogen (secondary N) is 1. The summed E-state index contributed by atoms with van der Waals surface area (Å²) in [5.41, 5.74) is 6.38. The third-order valence-corrected chi connectivity index (χ3v) is 2.92. The monoisotopic (exact) mass is 242 g/mol. The van der Waals surface area contributed by atoms with Crippen LogP contribution in [0.3, 0.4) is 0 Å². The predicted molar refractivity (Wildman–Crippen MR) is 65.8 cm³/mol. The highest BCUT2D eigenvalue weighted by molar-refractivity contribution is 5.17. The van der Waals surface area contributed by atoms with Crippen LogP contribution >= 0.6 is 0 Å². The zero-order valence-corrected chi connectivity index (χ0v) is 10.2. The quantitative estimate of drug-likeness (QED) is 0.718. The van der Waals surface area contributed by atoms with Crippen molar-refractivity contribution >= 4 is 0 Å².